The van der Waals surface area contributed by atoms with Crippen molar-refractivity contribution < 1.29 is 14.4 Å². The van der Waals surface area contributed by atoms with Gasteiger partial charge in [0.15, 0.2) is 0 Å². The fourth-order valence-electron chi connectivity index (χ4n) is 4.53. The Bertz CT molecular complexity index is 1530. The molecular weight excluding hydrogens is 474 g/mol. The number of benzene rings is 3. The van der Waals surface area contributed by atoms with Crippen LogP contribution in [0.5, 0.6) is 0 Å². The van der Waals surface area contributed by atoms with Crippen molar-refractivity contribution in [1.29, 1.82) is 0 Å². The number of aromatic nitrogens is 1. The zero-order valence-corrected chi connectivity index (χ0v) is 20.7. The van der Waals surface area contributed by atoms with Crippen LogP contribution in [0.15, 0.2) is 78.4 Å². The van der Waals surface area contributed by atoms with Crippen LogP contribution >= 0.6 is 11.6 Å². The van der Waals surface area contributed by atoms with Gasteiger partial charge in [0.25, 0.3) is 11.8 Å². The van der Waals surface area contributed by atoms with Gasteiger partial charge in [-0.15, -0.1) is 0 Å². The highest BCUT2D eigenvalue weighted by molar-refractivity contribution is 6.39. The maximum Gasteiger partial charge on any atom is 0.335 e. The molecule has 4 amide bonds. The van der Waals surface area contributed by atoms with Gasteiger partial charge < -0.3 is 4.57 Å². The van der Waals surface area contributed by atoms with Crippen LogP contribution < -0.4 is 10.2 Å². The Hall–Kier alpha value is -4.16. The van der Waals surface area contributed by atoms with Crippen LogP contribution in [-0.4, -0.2) is 22.4 Å². The molecule has 0 spiro atoms. The van der Waals surface area contributed by atoms with Crippen molar-refractivity contribution in [1.82, 2.24) is 9.88 Å². The molecule has 6 nitrogen and oxygen atoms in total. The first-order valence-corrected chi connectivity index (χ1v) is 12.1. The van der Waals surface area contributed by atoms with E-state index in [0.29, 0.717) is 17.3 Å². The number of nitrogens with one attached hydrogen (secondary N) is 1. The van der Waals surface area contributed by atoms with Gasteiger partial charge in [-0.25, -0.2) is 9.69 Å². The van der Waals surface area contributed by atoms with Crippen molar-refractivity contribution in [2.24, 2.45) is 0 Å². The van der Waals surface area contributed by atoms with Crippen LogP contribution in [0.3, 0.4) is 0 Å². The number of rotatable bonds is 5. The van der Waals surface area contributed by atoms with Gasteiger partial charge in [-0.2, -0.15) is 0 Å². The smallest absolute Gasteiger partial charge is 0.335 e. The van der Waals surface area contributed by atoms with Crippen molar-refractivity contribution >= 4 is 52.1 Å². The molecule has 36 heavy (non-hydrogen) atoms. The number of imide groups is 2. The third-order valence-electron chi connectivity index (χ3n) is 6.53. The number of para-hydroxylation sites is 1. The second-order valence-corrected chi connectivity index (χ2v) is 9.14. The van der Waals surface area contributed by atoms with Crippen LogP contribution in [-0.2, 0) is 22.6 Å². The number of hydrogen-bond donors (Lipinski definition) is 1. The molecule has 0 bridgehead atoms. The van der Waals surface area contributed by atoms with Gasteiger partial charge in [-0.3, -0.25) is 14.9 Å². The molecule has 0 radical (unpaired) electrons. The quantitative estimate of drug-likeness (QED) is 0.276. The van der Waals surface area contributed by atoms with Crippen molar-refractivity contribution in [3.05, 3.63) is 106 Å². The molecule has 0 aliphatic carbocycles. The summed E-state index contributed by atoms with van der Waals surface area (Å²) < 4.78 is 2.14. The lowest BCUT2D eigenvalue weighted by molar-refractivity contribution is -0.122. The molecule has 180 valence electrons. The fourth-order valence-corrected chi connectivity index (χ4v) is 4.66. The Balaban J connectivity index is 1.58. The molecule has 2 heterocycles. The predicted octanol–water partition coefficient (Wildman–Crippen LogP) is 5.88. The van der Waals surface area contributed by atoms with E-state index in [1.165, 1.54) is 0 Å². The van der Waals surface area contributed by atoms with Crippen molar-refractivity contribution in [2.75, 3.05) is 4.90 Å². The van der Waals surface area contributed by atoms with E-state index in [4.69, 9.17) is 11.6 Å². The highest BCUT2D eigenvalue weighted by Crippen LogP contribution is 2.30. The molecule has 0 saturated carbocycles. The van der Waals surface area contributed by atoms with Crippen LogP contribution in [0.2, 0.25) is 5.02 Å². The Morgan fingerprint density at radius 2 is 1.56 bits per heavy atom. The maximum absolute atomic E-state index is 13.4. The van der Waals surface area contributed by atoms with Gasteiger partial charge in [0.05, 0.1) is 5.69 Å². The number of nitrogens with zero attached hydrogens (tertiary/aromatic N) is 2. The van der Waals surface area contributed by atoms with Crippen LogP contribution in [0.25, 0.3) is 17.0 Å². The molecule has 0 unspecified atom stereocenters. The number of urea groups is 1. The van der Waals surface area contributed by atoms with Crippen molar-refractivity contribution in [3.63, 3.8) is 0 Å². The van der Waals surface area contributed by atoms with E-state index in [2.05, 4.69) is 9.88 Å². The molecule has 1 N–H and O–H groups in total. The number of amides is 4. The van der Waals surface area contributed by atoms with Gasteiger partial charge in [0, 0.05) is 33.7 Å². The molecule has 1 aromatic heterocycles. The second-order valence-electron chi connectivity index (χ2n) is 8.71. The first kappa shape index (κ1) is 23.6. The first-order chi connectivity index (χ1) is 17.4. The number of aryl methyl sites for hydroxylation is 1. The first-order valence-electron chi connectivity index (χ1n) is 11.7. The number of anilines is 1. The summed E-state index contributed by atoms with van der Waals surface area (Å²) in [6, 6.07) is 21.9. The summed E-state index contributed by atoms with van der Waals surface area (Å²) in [6.07, 6.45) is 2.43. The number of halogens is 1. The largest absolute Gasteiger partial charge is 0.340 e. The lowest BCUT2D eigenvalue weighted by Crippen LogP contribution is -2.54. The molecular formula is C29H24ClN3O3. The predicted molar refractivity (Wildman–Crippen MR) is 142 cm³/mol. The molecule has 7 heteroatoms. The van der Waals surface area contributed by atoms with E-state index in [9.17, 15) is 14.4 Å². The summed E-state index contributed by atoms with van der Waals surface area (Å²) in [5.41, 5.74) is 5.11. The average Bonchev–Trinajstić information content (AvgIpc) is 3.14. The van der Waals surface area contributed by atoms with Crippen molar-refractivity contribution in [3.8, 4) is 0 Å². The lowest BCUT2D eigenvalue weighted by atomic mass is 10.0. The number of barbiturate groups is 1. The van der Waals surface area contributed by atoms with E-state index in [0.717, 1.165) is 44.6 Å². The maximum atomic E-state index is 13.4. The normalized spacial score (nSPS) is 15.1. The molecule has 4 aromatic rings. The zero-order chi connectivity index (χ0) is 25.4. The zero-order valence-electron chi connectivity index (χ0n) is 19.9. The number of hydrogen-bond acceptors (Lipinski definition) is 3. The minimum atomic E-state index is -0.756. The minimum absolute atomic E-state index is 0.0911. The summed E-state index contributed by atoms with van der Waals surface area (Å²) in [6.45, 7) is 4.58. The molecule has 3 aromatic carbocycles. The summed E-state index contributed by atoms with van der Waals surface area (Å²) in [5, 5.41) is 3.90. The van der Waals surface area contributed by atoms with Gasteiger partial charge in [-0.1, -0.05) is 61.0 Å². The summed E-state index contributed by atoms with van der Waals surface area (Å²) in [4.78, 5) is 39.9. The third kappa shape index (κ3) is 4.20. The highest BCUT2D eigenvalue weighted by Gasteiger charge is 2.37. The fraction of sp³-hybridized carbons (Fsp3) is 0.138. The van der Waals surface area contributed by atoms with E-state index >= 15 is 0 Å². The molecule has 1 aliphatic heterocycles. The average molecular weight is 498 g/mol. The molecule has 0 atom stereocenters. The summed E-state index contributed by atoms with van der Waals surface area (Å²) in [5.74, 6) is -1.36. The molecule has 1 aliphatic rings. The van der Waals surface area contributed by atoms with E-state index in [1.54, 1.807) is 18.2 Å². The number of carbonyl (C=O) groups excluding carboxylic acids is 3. The third-order valence-corrected chi connectivity index (χ3v) is 6.78. The Morgan fingerprint density at radius 3 is 2.25 bits per heavy atom. The Kier molecular flexibility index (Phi) is 6.20. The molecule has 1 fully saturated rings. The minimum Gasteiger partial charge on any atom is -0.340 e. The Morgan fingerprint density at radius 1 is 0.889 bits per heavy atom. The summed E-state index contributed by atoms with van der Waals surface area (Å²) >= 11 is 6.05. The summed E-state index contributed by atoms with van der Waals surface area (Å²) in [7, 11) is 0. The SMILES string of the molecule is CCc1ccc(N2C(=O)NC(=O)/C(=C/c3c(C)n(Cc4ccc(Cl)cc4)c4ccccc34)C2=O)cc1. The van der Waals surface area contributed by atoms with Crippen LogP contribution in [0, 0.1) is 6.92 Å². The van der Waals surface area contributed by atoms with Gasteiger partial charge in [0.1, 0.15) is 5.57 Å². The standard InChI is InChI=1S/C29H24ClN3O3/c1-3-19-10-14-22(15-11-19)33-28(35)25(27(34)31-29(33)36)16-24-18(2)32(26-7-5-4-6-23(24)26)17-20-8-12-21(30)13-9-20/h4-16H,3,17H2,1-2H3,(H,31,34,36)/b25-16-. The lowest BCUT2D eigenvalue weighted by Gasteiger charge is -2.26. The second kappa shape index (κ2) is 9.47. The van der Waals surface area contributed by atoms with Gasteiger partial charge in [-0.05, 0) is 60.9 Å². The van der Waals surface area contributed by atoms with Crippen molar-refractivity contribution in [2.45, 2.75) is 26.8 Å². The van der Waals surface area contributed by atoms with Crippen LogP contribution in [0.1, 0.15) is 29.3 Å². The molecule has 5 rings (SSSR count). The van der Waals surface area contributed by atoms with Crippen LogP contribution in [0.4, 0.5) is 10.5 Å². The topological polar surface area (TPSA) is 71.4 Å². The van der Waals surface area contributed by atoms with E-state index in [1.807, 2.05) is 74.5 Å². The molecule has 1 saturated heterocycles. The Labute approximate surface area is 213 Å². The van der Waals surface area contributed by atoms with E-state index < -0.39 is 17.8 Å². The van der Waals surface area contributed by atoms with Gasteiger partial charge in [0.2, 0.25) is 0 Å². The van der Waals surface area contributed by atoms with Gasteiger partial charge >= 0.3 is 6.03 Å². The van der Waals surface area contributed by atoms with E-state index in [-0.39, 0.29) is 5.57 Å². The highest BCUT2D eigenvalue weighted by atomic mass is 35.5. The number of fused-ring (bicyclic) bond motifs is 1. The number of carbonyl (C=O) groups is 3. The monoisotopic (exact) mass is 497 g/mol.